The fourth-order valence-corrected chi connectivity index (χ4v) is 11.0. The molecular weight excluding hydrogens is 1230 g/mol. The van der Waals surface area contributed by atoms with Crippen LogP contribution < -0.4 is 42.4 Å². The smallest absolute Gasteiger partial charge is 0.326 e. The van der Waals surface area contributed by atoms with Crippen molar-refractivity contribution < 1.29 is 76.0 Å². The molecule has 2 aromatic rings. The summed E-state index contributed by atoms with van der Waals surface area (Å²) in [7, 11) is -3.81. The van der Waals surface area contributed by atoms with Gasteiger partial charge in [0.1, 0.15) is 24.5 Å². The van der Waals surface area contributed by atoms with Gasteiger partial charge in [0.25, 0.3) is 0 Å². The number of Topliss-reactive ketones (excluding diaryl/α,β-unsaturated/α-hetero) is 1. The number of H-pyrrole nitrogens is 2. The van der Waals surface area contributed by atoms with Gasteiger partial charge in [-0.1, -0.05) is 121 Å². The number of rotatable bonds is 63. The van der Waals surface area contributed by atoms with Crippen LogP contribution in [0.3, 0.4) is 0 Å². The number of nitrogens with one attached hydrogen (secondary N) is 9. The van der Waals surface area contributed by atoms with Crippen LogP contribution in [-0.4, -0.2) is 185 Å². The first-order valence-electron chi connectivity index (χ1n) is 33.6. The lowest BCUT2D eigenvalue weighted by atomic mass is 10.0. The number of carboxylic acids is 2. The fourth-order valence-electron chi connectivity index (χ4n) is 9.92. The second-order valence-corrected chi connectivity index (χ2v) is 25.3. The number of aryl methyl sites for hydroxylation is 2. The first kappa shape index (κ1) is 82.1. The van der Waals surface area contributed by atoms with Crippen molar-refractivity contribution in [3.63, 3.8) is 0 Å². The zero-order chi connectivity index (χ0) is 68.0. The van der Waals surface area contributed by atoms with Crippen LogP contribution in [-0.2, 0) is 80.3 Å². The highest BCUT2D eigenvalue weighted by atomic mass is 32.2. The van der Waals surface area contributed by atoms with E-state index in [1.54, 1.807) is 6.20 Å². The highest BCUT2D eigenvalue weighted by molar-refractivity contribution is 7.90. The van der Waals surface area contributed by atoms with Gasteiger partial charge in [-0.15, -0.1) is 10.2 Å². The van der Waals surface area contributed by atoms with Crippen LogP contribution >= 0.6 is 0 Å². The van der Waals surface area contributed by atoms with Crippen molar-refractivity contribution in [2.24, 2.45) is 5.73 Å². The van der Waals surface area contributed by atoms with Gasteiger partial charge in [-0.05, 0) is 70.6 Å². The van der Waals surface area contributed by atoms with Crippen LogP contribution in [0.15, 0.2) is 12.5 Å². The number of ether oxygens (including phenoxy) is 2. The second-order valence-electron chi connectivity index (χ2n) is 23.5. The van der Waals surface area contributed by atoms with Gasteiger partial charge >= 0.3 is 11.9 Å². The number of nitrogens with two attached hydrogens (primary N) is 1. The Kier molecular flexibility index (Phi) is 47.1. The molecule has 3 atom stereocenters. The number of aliphatic carboxylic acids is 2. The molecule has 13 N–H and O–H groups in total. The van der Waals surface area contributed by atoms with E-state index >= 15 is 0 Å². The van der Waals surface area contributed by atoms with Gasteiger partial charge in [-0.25, -0.2) is 23.0 Å². The Morgan fingerprint density at radius 3 is 1.56 bits per heavy atom. The van der Waals surface area contributed by atoms with Crippen LogP contribution in [0.2, 0.25) is 0 Å². The molecule has 93 heavy (non-hydrogen) atoms. The number of carboxylic acid groups (broad SMARTS) is 2. The number of imidazole rings is 1. The number of ketones is 1. The molecule has 0 saturated carbocycles. The lowest BCUT2D eigenvalue weighted by Crippen LogP contribution is -2.44. The van der Waals surface area contributed by atoms with Crippen molar-refractivity contribution in [2.75, 3.05) is 58.4 Å². The average molecular weight is 1340 g/mol. The summed E-state index contributed by atoms with van der Waals surface area (Å²) in [6.45, 7) is 1.05. The number of aromatic nitrogens is 6. The number of nitrogens with zero attached hydrogens (tertiary/aromatic N) is 4. The first-order valence-corrected chi connectivity index (χ1v) is 35.3. The number of hydrogen-bond acceptors (Lipinski definition) is 19. The molecule has 0 radical (unpaired) electrons. The number of amides is 7. The summed E-state index contributed by atoms with van der Waals surface area (Å²) in [5, 5.41) is 49.1. The minimum atomic E-state index is -3.81. The first-order chi connectivity index (χ1) is 44.8. The van der Waals surface area contributed by atoms with Gasteiger partial charge in [0, 0.05) is 76.5 Å². The van der Waals surface area contributed by atoms with Gasteiger partial charge in [-0.2, -0.15) is 5.21 Å². The van der Waals surface area contributed by atoms with E-state index < -0.39 is 69.6 Å². The molecule has 2 heterocycles. The summed E-state index contributed by atoms with van der Waals surface area (Å²) in [4.78, 5) is 129. The summed E-state index contributed by atoms with van der Waals surface area (Å²) in [5.41, 5.74) is 6.32. The number of carbonyl (C=O) groups is 10. The molecule has 0 fully saturated rings. The SMILES string of the molecule is NC(=O)[C@H](CCCCNC(=O)COCCOCCNC(=O)CCC(NC(=O)CCC(NC(=O)CCCCCCCCCCCNC(=O)CCCS(=O)(=O)NC(=O)CCCCCCCCCCCCCCCc1nn[nH]n1)C(=O)O)C(=O)O)NCC(=O)CCc1cnc[nH]1. The predicted molar refractivity (Wildman–Crippen MR) is 345 cm³/mol. The predicted octanol–water partition coefficient (Wildman–Crippen LogP) is 3.95. The molecule has 31 heteroatoms. The molecule has 528 valence electrons. The van der Waals surface area contributed by atoms with Crippen molar-refractivity contribution in [2.45, 2.75) is 249 Å². The Morgan fingerprint density at radius 1 is 0.505 bits per heavy atom. The summed E-state index contributed by atoms with van der Waals surface area (Å²) in [5.74, 6) is -5.69. The maximum atomic E-state index is 12.6. The summed E-state index contributed by atoms with van der Waals surface area (Å²) >= 11 is 0. The molecule has 0 aliphatic heterocycles. The standard InChI is InChI=1S/C62H108N14O16S/c63-60(84)50(68-45-49(77)32-31-48-44-64-47-69-48)26-22-24-38-66-59(83)46-92-42-41-91-40-39-67-55(79)35-33-51(61(85)86)71-57(81)36-34-52(62(87)88)70-56(80)28-20-16-12-9-6-10-14-18-23-37-65-54(78)30-25-43-93(89,90)74-58(82)29-21-17-13-8-5-3-1-2-4-7-11-15-19-27-53-72-75-76-73-53/h44,47,50-52,68H,1-43,45-46H2,(H2,63,84)(H,64,69)(H,65,78)(H,66,83)(H,67,79)(H,70,80)(H,71,81)(H,74,82)(H,85,86)(H,87,88)(H,72,73,75,76)/t50-,51?,52?/m0/s1. The molecule has 0 aromatic carbocycles. The normalized spacial score (nSPS) is 12.3. The lowest BCUT2D eigenvalue weighted by molar-refractivity contribution is -0.143. The number of aromatic amines is 2. The summed E-state index contributed by atoms with van der Waals surface area (Å²) in [6.07, 6.45) is 28.0. The number of carbonyl (C=O) groups excluding carboxylic acids is 8. The minimum absolute atomic E-state index is 0.0128. The van der Waals surface area contributed by atoms with Crippen molar-refractivity contribution in [1.82, 2.24) is 67.2 Å². The zero-order valence-electron chi connectivity index (χ0n) is 54.6. The highest BCUT2D eigenvalue weighted by Crippen LogP contribution is 2.15. The quantitative estimate of drug-likeness (QED) is 0.0417. The van der Waals surface area contributed by atoms with E-state index in [0.29, 0.717) is 58.0 Å². The maximum absolute atomic E-state index is 12.6. The van der Waals surface area contributed by atoms with Crippen molar-refractivity contribution in [1.29, 1.82) is 0 Å². The molecule has 7 amide bonds. The van der Waals surface area contributed by atoms with Crippen LogP contribution in [0.4, 0.5) is 0 Å². The largest absolute Gasteiger partial charge is 0.480 e. The van der Waals surface area contributed by atoms with E-state index in [0.717, 1.165) is 95.0 Å². The molecule has 0 aliphatic rings. The number of tetrazole rings is 1. The van der Waals surface area contributed by atoms with E-state index in [1.165, 1.54) is 57.7 Å². The average Bonchev–Trinajstić information content (AvgIpc) is 4.18. The Morgan fingerprint density at radius 2 is 1.00 bits per heavy atom. The van der Waals surface area contributed by atoms with E-state index in [1.807, 2.05) is 0 Å². The topological polar surface area (TPSA) is 457 Å². The molecule has 0 aliphatic carbocycles. The third-order valence-electron chi connectivity index (χ3n) is 15.3. The Hall–Kier alpha value is -6.99. The van der Waals surface area contributed by atoms with Crippen LogP contribution in [0.5, 0.6) is 0 Å². The molecule has 0 saturated heterocycles. The number of sulfonamides is 1. The Bertz CT molecular complexity index is 2530. The van der Waals surface area contributed by atoms with E-state index in [-0.39, 0.29) is 114 Å². The van der Waals surface area contributed by atoms with Crippen molar-refractivity contribution >= 4 is 69.1 Å². The van der Waals surface area contributed by atoms with Gasteiger partial charge in [0.2, 0.25) is 51.4 Å². The Labute approximate surface area is 547 Å². The maximum Gasteiger partial charge on any atom is 0.326 e. The number of primary amides is 1. The number of unbranched alkanes of at least 4 members (excludes halogenated alkanes) is 21. The van der Waals surface area contributed by atoms with Gasteiger partial charge in [0.15, 0.2) is 5.82 Å². The van der Waals surface area contributed by atoms with Gasteiger partial charge in [-0.3, -0.25) is 48.4 Å². The lowest BCUT2D eigenvalue weighted by Gasteiger charge is -2.17. The van der Waals surface area contributed by atoms with E-state index in [2.05, 4.69) is 67.2 Å². The van der Waals surface area contributed by atoms with Crippen LogP contribution in [0.25, 0.3) is 0 Å². The summed E-state index contributed by atoms with van der Waals surface area (Å²) in [6, 6.07) is -3.47. The highest BCUT2D eigenvalue weighted by Gasteiger charge is 2.25. The molecule has 30 nitrogen and oxygen atoms in total. The van der Waals surface area contributed by atoms with Crippen LogP contribution in [0.1, 0.15) is 230 Å². The zero-order valence-corrected chi connectivity index (χ0v) is 55.4. The number of hydrogen-bond donors (Lipinski definition) is 12. The third kappa shape index (κ3) is 47.5. The van der Waals surface area contributed by atoms with Crippen molar-refractivity contribution in [3.05, 3.63) is 24.0 Å². The monoisotopic (exact) mass is 1340 g/mol. The second kappa shape index (κ2) is 53.4. The third-order valence-corrected chi connectivity index (χ3v) is 16.7. The van der Waals surface area contributed by atoms with E-state index in [4.69, 9.17) is 15.2 Å². The molecule has 2 unspecified atom stereocenters. The van der Waals surface area contributed by atoms with Gasteiger partial charge in [0.05, 0.1) is 44.5 Å². The van der Waals surface area contributed by atoms with Crippen LogP contribution in [0, 0.1) is 0 Å². The fraction of sp³-hybridized carbons (Fsp3) is 0.774. The van der Waals surface area contributed by atoms with E-state index in [9.17, 15) is 66.6 Å². The Balaban J connectivity index is 1.39. The molecule has 2 aromatic heterocycles. The molecule has 2 rings (SSSR count). The molecular formula is C62H108N14O16S. The summed E-state index contributed by atoms with van der Waals surface area (Å²) < 4.78 is 37.6. The molecule has 0 bridgehead atoms. The van der Waals surface area contributed by atoms with Gasteiger partial charge < -0.3 is 57.0 Å². The molecule has 0 spiro atoms. The minimum Gasteiger partial charge on any atom is -0.480 e. The van der Waals surface area contributed by atoms with Crippen molar-refractivity contribution in [3.8, 4) is 0 Å².